The van der Waals surface area contributed by atoms with Gasteiger partial charge in [-0.25, -0.2) is 0 Å². The molecule has 0 saturated heterocycles. The van der Waals surface area contributed by atoms with Gasteiger partial charge in [-0.2, -0.15) is 5.10 Å². The van der Waals surface area contributed by atoms with Gasteiger partial charge in [0.2, 0.25) is 5.91 Å². The van der Waals surface area contributed by atoms with Crippen molar-refractivity contribution >= 4 is 27.3 Å². The van der Waals surface area contributed by atoms with Gasteiger partial charge in [0.15, 0.2) is 0 Å². The van der Waals surface area contributed by atoms with Crippen molar-refractivity contribution in [1.82, 2.24) is 14.7 Å². The third kappa shape index (κ3) is 2.83. The number of likely N-dealkylation sites (N-methyl/N-ethyl adjacent to an activating group) is 1. The highest BCUT2D eigenvalue weighted by atomic mass is 32.1. The summed E-state index contributed by atoms with van der Waals surface area (Å²) in [5.41, 5.74) is 0. The summed E-state index contributed by atoms with van der Waals surface area (Å²) in [5.74, 6) is 0.0659. The van der Waals surface area contributed by atoms with E-state index < -0.39 is 0 Å². The van der Waals surface area contributed by atoms with E-state index >= 15 is 0 Å². The molecular weight excluding hydrogens is 282 g/mol. The number of nitrogens with zero attached hydrogens (tertiary/aromatic N) is 3. The molecule has 21 heavy (non-hydrogen) atoms. The zero-order valence-corrected chi connectivity index (χ0v) is 12.9. The Morgan fingerprint density at radius 3 is 2.90 bits per heavy atom. The second-order valence-corrected chi connectivity index (χ2v) is 6.28. The lowest BCUT2D eigenvalue weighted by Crippen LogP contribution is -2.32. The van der Waals surface area contributed by atoms with Crippen LogP contribution in [0.25, 0.3) is 10.1 Å². The Morgan fingerprint density at radius 2 is 2.19 bits per heavy atom. The van der Waals surface area contributed by atoms with Crippen molar-refractivity contribution in [2.75, 3.05) is 7.05 Å². The third-order valence-electron chi connectivity index (χ3n) is 3.52. The number of hydrogen-bond donors (Lipinski definition) is 0. The lowest BCUT2D eigenvalue weighted by Gasteiger charge is -2.21. The van der Waals surface area contributed by atoms with Gasteiger partial charge in [0.25, 0.3) is 0 Å². The fraction of sp³-hybridized carbons (Fsp3) is 0.250. The van der Waals surface area contributed by atoms with Gasteiger partial charge in [-0.15, -0.1) is 11.3 Å². The van der Waals surface area contributed by atoms with Gasteiger partial charge >= 0.3 is 0 Å². The molecular formula is C16H17N3OS. The fourth-order valence-electron chi connectivity index (χ4n) is 2.37. The SMILES string of the molecule is C[C@H](C(=O)N(C)Cc1cc2ccccc2s1)n1cccn1. The maximum absolute atomic E-state index is 12.4. The molecule has 1 aromatic carbocycles. The molecule has 0 aliphatic carbocycles. The van der Waals surface area contributed by atoms with Gasteiger partial charge in [0.1, 0.15) is 6.04 Å². The van der Waals surface area contributed by atoms with Crippen molar-refractivity contribution in [3.63, 3.8) is 0 Å². The molecule has 2 heterocycles. The summed E-state index contributed by atoms with van der Waals surface area (Å²) in [6, 6.07) is 12.0. The number of benzene rings is 1. The Morgan fingerprint density at radius 1 is 1.38 bits per heavy atom. The highest BCUT2D eigenvalue weighted by molar-refractivity contribution is 7.19. The molecule has 3 aromatic rings. The number of thiophene rings is 1. The minimum atomic E-state index is -0.278. The maximum Gasteiger partial charge on any atom is 0.247 e. The molecule has 0 fully saturated rings. The average Bonchev–Trinajstić information content (AvgIpc) is 3.14. The highest BCUT2D eigenvalue weighted by Crippen LogP contribution is 2.26. The van der Waals surface area contributed by atoms with E-state index in [0.29, 0.717) is 6.54 Å². The maximum atomic E-state index is 12.4. The van der Waals surface area contributed by atoms with Crippen molar-refractivity contribution < 1.29 is 4.79 Å². The molecule has 1 atom stereocenters. The summed E-state index contributed by atoms with van der Waals surface area (Å²) in [6.07, 6.45) is 3.51. The van der Waals surface area contributed by atoms with Crippen LogP contribution in [0.4, 0.5) is 0 Å². The molecule has 0 bridgehead atoms. The standard InChI is InChI=1S/C16H17N3OS/c1-12(19-9-5-8-17-19)16(20)18(2)11-14-10-13-6-3-4-7-15(13)21-14/h3-10,12H,11H2,1-2H3/t12-/m1/s1. The van der Waals surface area contributed by atoms with Gasteiger partial charge in [-0.05, 0) is 30.5 Å². The number of amides is 1. The molecule has 108 valence electrons. The zero-order chi connectivity index (χ0) is 14.8. The van der Waals surface area contributed by atoms with Crippen LogP contribution in [0.3, 0.4) is 0 Å². The Hall–Kier alpha value is -2.14. The van der Waals surface area contributed by atoms with E-state index in [4.69, 9.17) is 0 Å². The normalized spacial score (nSPS) is 12.5. The molecule has 0 N–H and O–H groups in total. The predicted octanol–water partition coefficient (Wildman–Crippen LogP) is 3.32. The van der Waals surface area contributed by atoms with Crippen LogP contribution < -0.4 is 0 Å². The number of aromatic nitrogens is 2. The molecule has 0 radical (unpaired) electrons. The Labute approximate surface area is 127 Å². The van der Waals surface area contributed by atoms with Crippen LogP contribution in [-0.4, -0.2) is 27.6 Å². The molecule has 0 aliphatic heterocycles. The van der Waals surface area contributed by atoms with E-state index in [1.165, 1.54) is 15.0 Å². The molecule has 4 nitrogen and oxygen atoms in total. The quantitative estimate of drug-likeness (QED) is 0.741. The molecule has 5 heteroatoms. The van der Waals surface area contributed by atoms with Crippen LogP contribution in [0.2, 0.25) is 0 Å². The smallest absolute Gasteiger partial charge is 0.247 e. The molecule has 0 spiro atoms. The van der Waals surface area contributed by atoms with E-state index in [2.05, 4.69) is 23.3 Å². The molecule has 0 unspecified atom stereocenters. The number of fused-ring (bicyclic) bond motifs is 1. The van der Waals surface area contributed by atoms with Gasteiger partial charge < -0.3 is 4.90 Å². The van der Waals surface area contributed by atoms with Crippen molar-refractivity contribution in [2.24, 2.45) is 0 Å². The zero-order valence-electron chi connectivity index (χ0n) is 12.1. The predicted molar refractivity (Wildman–Crippen MR) is 85.2 cm³/mol. The van der Waals surface area contributed by atoms with E-state index in [1.54, 1.807) is 27.1 Å². The van der Waals surface area contributed by atoms with E-state index in [0.717, 1.165) is 0 Å². The first kappa shape index (κ1) is 13.8. The first-order chi connectivity index (χ1) is 10.1. The molecule has 0 aliphatic rings. The highest BCUT2D eigenvalue weighted by Gasteiger charge is 2.19. The van der Waals surface area contributed by atoms with Crippen LogP contribution in [0.1, 0.15) is 17.8 Å². The summed E-state index contributed by atoms with van der Waals surface area (Å²) in [7, 11) is 1.84. The lowest BCUT2D eigenvalue weighted by molar-refractivity contribution is -0.133. The van der Waals surface area contributed by atoms with Crippen LogP contribution in [0, 0.1) is 0 Å². The third-order valence-corrected chi connectivity index (χ3v) is 4.63. The van der Waals surface area contributed by atoms with Crippen LogP contribution in [0.5, 0.6) is 0 Å². The number of carbonyl (C=O) groups is 1. The molecule has 2 aromatic heterocycles. The van der Waals surface area contributed by atoms with Gasteiger partial charge in [-0.1, -0.05) is 18.2 Å². The summed E-state index contributed by atoms with van der Waals surface area (Å²) in [4.78, 5) is 15.4. The van der Waals surface area contributed by atoms with Gasteiger partial charge in [-0.3, -0.25) is 9.48 Å². The monoisotopic (exact) mass is 299 g/mol. The van der Waals surface area contributed by atoms with Gasteiger partial charge in [0, 0.05) is 29.0 Å². The topological polar surface area (TPSA) is 38.1 Å². The average molecular weight is 299 g/mol. The Kier molecular flexibility index (Phi) is 3.75. The minimum Gasteiger partial charge on any atom is -0.339 e. The van der Waals surface area contributed by atoms with Crippen molar-refractivity contribution in [2.45, 2.75) is 19.5 Å². The number of hydrogen-bond acceptors (Lipinski definition) is 3. The largest absolute Gasteiger partial charge is 0.339 e. The summed E-state index contributed by atoms with van der Waals surface area (Å²) >= 11 is 1.74. The molecule has 0 saturated carbocycles. The lowest BCUT2D eigenvalue weighted by atomic mass is 10.2. The minimum absolute atomic E-state index is 0.0659. The number of rotatable bonds is 4. The van der Waals surface area contributed by atoms with Crippen molar-refractivity contribution in [3.05, 3.63) is 53.7 Å². The first-order valence-electron chi connectivity index (χ1n) is 6.86. The van der Waals surface area contributed by atoms with Crippen LogP contribution >= 0.6 is 11.3 Å². The van der Waals surface area contributed by atoms with Crippen LogP contribution in [0.15, 0.2) is 48.8 Å². The van der Waals surface area contributed by atoms with E-state index in [1.807, 2.05) is 38.4 Å². The van der Waals surface area contributed by atoms with Crippen LogP contribution in [-0.2, 0) is 11.3 Å². The molecule has 3 rings (SSSR count). The van der Waals surface area contributed by atoms with Gasteiger partial charge in [0.05, 0.1) is 6.54 Å². The first-order valence-corrected chi connectivity index (χ1v) is 7.68. The van der Waals surface area contributed by atoms with E-state index in [9.17, 15) is 4.79 Å². The summed E-state index contributed by atoms with van der Waals surface area (Å²) in [6.45, 7) is 2.50. The Bertz CT molecular complexity index is 715. The summed E-state index contributed by atoms with van der Waals surface area (Å²) in [5, 5.41) is 5.37. The second kappa shape index (κ2) is 5.69. The second-order valence-electron chi connectivity index (χ2n) is 5.11. The van der Waals surface area contributed by atoms with Crippen molar-refractivity contribution in [3.8, 4) is 0 Å². The van der Waals surface area contributed by atoms with E-state index in [-0.39, 0.29) is 11.9 Å². The molecule has 1 amide bonds. The van der Waals surface area contributed by atoms with Crippen molar-refractivity contribution in [1.29, 1.82) is 0 Å². The fourth-order valence-corrected chi connectivity index (χ4v) is 3.49. The summed E-state index contributed by atoms with van der Waals surface area (Å²) < 4.78 is 2.94. The Balaban J connectivity index is 1.73. The number of carbonyl (C=O) groups excluding carboxylic acids is 1.